The molecule has 0 fully saturated rings. The van der Waals surface area contributed by atoms with Gasteiger partial charge in [0.1, 0.15) is 11.3 Å². The minimum atomic E-state index is -0.659. The van der Waals surface area contributed by atoms with Gasteiger partial charge in [0, 0.05) is 18.5 Å². The molecular weight excluding hydrogens is 275 g/mol. The third-order valence-electron chi connectivity index (χ3n) is 3.05. The maximum atomic E-state index is 13.7. The van der Waals surface area contributed by atoms with Gasteiger partial charge in [0.05, 0.1) is 17.2 Å². The van der Waals surface area contributed by atoms with Gasteiger partial charge in [-0.05, 0) is 18.2 Å². The number of hydrogen-bond donors (Lipinski definition) is 1. The van der Waals surface area contributed by atoms with E-state index in [1.54, 1.807) is 6.20 Å². The Morgan fingerprint density at radius 2 is 2.14 bits per heavy atom. The molecule has 0 atom stereocenters. The molecule has 0 aliphatic carbocycles. The number of pyridine rings is 1. The van der Waals surface area contributed by atoms with Gasteiger partial charge in [-0.1, -0.05) is 12.1 Å². The third-order valence-corrected chi connectivity index (χ3v) is 3.05. The molecule has 0 amide bonds. The summed E-state index contributed by atoms with van der Waals surface area (Å²) >= 11 is 0. The van der Waals surface area contributed by atoms with Gasteiger partial charge in [-0.25, -0.2) is 9.37 Å². The summed E-state index contributed by atoms with van der Waals surface area (Å²) in [7, 11) is 0. The van der Waals surface area contributed by atoms with Gasteiger partial charge in [-0.2, -0.15) is 0 Å². The lowest BCUT2D eigenvalue weighted by Gasteiger charge is -2.06. The van der Waals surface area contributed by atoms with Crippen LogP contribution in [0.3, 0.4) is 0 Å². The van der Waals surface area contributed by atoms with E-state index >= 15 is 0 Å². The van der Waals surface area contributed by atoms with Gasteiger partial charge >= 0.3 is 0 Å². The van der Waals surface area contributed by atoms with Gasteiger partial charge < -0.3 is 9.72 Å². The number of para-hydroxylation sites is 1. The molecule has 106 valence electrons. The normalized spacial score (nSPS) is 10.7. The molecule has 2 heterocycles. The predicted octanol–water partition coefficient (Wildman–Crippen LogP) is 2.99. The van der Waals surface area contributed by atoms with E-state index in [-0.39, 0.29) is 17.9 Å². The van der Waals surface area contributed by atoms with Gasteiger partial charge in [0.15, 0.2) is 5.82 Å². The number of rotatable bonds is 4. The van der Waals surface area contributed by atoms with E-state index in [1.165, 1.54) is 18.2 Å². The lowest BCUT2D eigenvalue weighted by atomic mass is 10.2. The van der Waals surface area contributed by atoms with Crippen LogP contribution in [0.4, 0.5) is 15.8 Å². The van der Waals surface area contributed by atoms with Crippen LogP contribution in [0, 0.1) is 15.9 Å². The fourth-order valence-electron chi connectivity index (χ4n) is 2.09. The Labute approximate surface area is 119 Å². The first-order valence-corrected chi connectivity index (χ1v) is 6.24. The lowest BCUT2D eigenvalue weighted by Crippen LogP contribution is -2.05. The zero-order valence-electron chi connectivity index (χ0n) is 10.9. The second-order valence-electron chi connectivity index (χ2n) is 4.44. The van der Waals surface area contributed by atoms with Crippen molar-refractivity contribution in [1.82, 2.24) is 9.38 Å². The molecule has 1 aromatic carbocycles. The Morgan fingerprint density at radius 3 is 2.90 bits per heavy atom. The zero-order valence-corrected chi connectivity index (χ0v) is 10.9. The van der Waals surface area contributed by atoms with Gasteiger partial charge in [0.25, 0.3) is 5.69 Å². The largest absolute Gasteiger partial charge is 0.371 e. The molecule has 0 spiro atoms. The standard InChI is InChI=1S/C14H11FN4O2/c15-11-4-3-5-12(19(20)21)14(11)16-8-10-9-18-7-2-1-6-13(18)17-10/h1-7,9,16H,8H2. The molecule has 2 aromatic heterocycles. The van der Waals surface area contributed by atoms with Crippen LogP contribution in [0.25, 0.3) is 5.65 Å². The molecule has 3 rings (SSSR count). The van der Waals surface area contributed by atoms with Crippen molar-refractivity contribution in [3.05, 3.63) is 70.4 Å². The van der Waals surface area contributed by atoms with Gasteiger partial charge in [-0.15, -0.1) is 0 Å². The number of benzene rings is 1. The summed E-state index contributed by atoms with van der Waals surface area (Å²) in [6.45, 7) is 0.198. The summed E-state index contributed by atoms with van der Waals surface area (Å²) in [5.41, 5.74) is 1.01. The van der Waals surface area contributed by atoms with Crippen molar-refractivity contribution in [3.8, 4) is 0 Å². The smallest absolute Gasteiger partial charge is 0.295 e. The van der Waals surface area contributed by atoms with E-state index in [9.17, 15) is 14.5 Å². The van der Waals surface area contributed by atoms with E-state index in [4.69, 9.17) is 0 Å². The number of halogens is 1. The number of anilines is 1. The lowest BCUT2D eigenvalue weighted by molar-refractivity contribution is -0.384. The maximum Gasteiger partial charge on any atom is 0.295 e. The fourth-order valence-corrected chi connectivity index (χ4v) is 2.09. The second kappa shape index (κ2) is 5.20. The van der Waals surface area contributed by atoms with Crippen LogP contribution in [0.1, 0.15) is 5.69 Å². The number of fused-ring (bicyclic) bond motifs is 1. The number of nitro groups is 1. The number of nitro benzene ring substituents is 1. The molecule has 7 heteroatoms. The minimum absolute atomic E-state index is 0.125. The molecule has 0 aliphatic rings. The molecule has 6 nitrogen and oxygen atoms in total. The van der Waals surface area contributed by atoms with Crippen molar-refractivity contribution in [2.75, 3.05) is 5.32 Å². The molecule has 0 saturated carbocycles. The average Bonchev–Trinajstić information content (AvgIpc) is 2.88. The molecular formula is C14H11FN4O2. The minimum Gasteiger partial charge on any atom is -0.371 e. The summed E-state index contributed by atoms with van der Waals surface area (Å²) in [6, 6.07) is 9.32. The second-order valence-corrected chi connectivity index (χ2v) is 4.44. The van der Waals surface area contributed by atoms with Crippen molar-refractivity contribution in [1.29, 1.82) is 0 Å². The molecule has 0 unspecified atom stereocenters. The first-order chi connectivity index (χ1) is 10.1. The van der Waals surface area contributed by atoms with Crippen molar-refractivity contribution in [2.24, 2.45) is 0 Å². The predicted molar refractivity (Wildman–Crippen MR) is 75.6 cm³/mol. The Bertz CT molecular complexity index is 783. The van der Waals surface area contributed by atoms with Crippen LogP contribution in [0.5, 0.6) is 0 Å². The first kappa shape index (κ1) is 13.0. The number of hydrogen-bond acceptors (Lipinski definition) is 4. The van der Waals surface area contributed by atoms with E-state index in [0.29, 0.717) is 5.69 Å². The highest BCUT2D eigenvalue weighted by atomic mass is 19.1. The SMILES string of the molecule is O=[N+]([O-])c1cccc(F)c1NCc1cn2ccccc2n1. The highest BCUT2D eigenvalue weighted by molar-refractivity contribution is 5.62. The topological polar surface area (TPSA) is 72.5 Å². The van der Waals surface area contributed by atoms with Crippen molar-refractivity contribution in [3.63, 3.8) is 0 Å². The zero-order chi connectivity index (χ0) is 14.8. The number of nitrogens with zero attached hydrogens (tertiary/aromatic N) is 3. The monoisotopic (exact) mass is 286 g/mol. The Kier molecular flexibility index (Phi) is 3.23. The van der Waals surface area contributed by atoms with Crippen LogP contribution in [-0.4, -0.2) is 14.3 Å². The van der Waals surface area contributed by atoms with E-state index in [2.05, 4.69) is 10.3 Å². The molecule has 0 aliphatic heterocycles. The highest BCUT2D eigenvalue weighted by Crippen LogP contribution is 2.27. The Morgan fingerprint density at radius 1 is 1.29 bits per heavy atom. The van der Waals surface area contributed by atoms with Crippen molar-refractivity contribution in [2.45, 2.75) is 6.54 Å². The van der Waals surface area contributed by atoms with Crippen LogP contribution in [0.15, 0.2) is 48.8 Å². The quantitative estimate of drug-likeness (QED) is 0.591. The highest BCUT2D eigenvalue weighted by Gasteiger charge is 2.17. The average molecular weight is 286 g/mol. The number of aromatic nitrogens is 2. The maximum absolute atomic E-state index is 13.7. The summed E-state index contributed by atoms with van der Waals surface area (Å²) in [4.78, 5) is 14.6. The van der Waals surface area contributed by atoms with Gasteiger partial charge in [0.2, 0.25) is 0 Å². The van der Waals surface area contributed by atoms with E-state index < -0.39 is 10.7 Å². The third kappa shape index (κ3) is 2.53. The number of nitrogens with one attached hydrogen (secondary N) is 1. The molecule has 0 saturated heterocycles. The van der Waals surface area contributed by atoms with Crippen molar-refractivity contribution < 1.29 is 9.31 Å². The van der Waals surface area contributed by atoms with Crippen LogP contribution in [-0.2, 0) is 6.54 Å². The number of imidazole rings is 1. The fraction of sp³-hybridized carbons (Fsp3) is 0.0714. The van der Waals surface area contributed by atoms with Crippen LogP contribution < -0.4 is 5.32 Å². The van der Waals surface area contributed by atoms with Crippen LogP contribution in [0.2, 0.25) is 0 Å². The summed E-state index contributed by atoms with van der Waals surface area (Å²) in [6.07, 6.45) is 3.63. The van der Waals surface area contributed by atoms with Gasteiger partial charge in [-0.3, -0.25) is 10.1 Å². The molecule has 0 radical (unpaired) electrons. The summed E-state index contributed by atoms with van der Waals surface area (Å²) < 4.78 is 15.6. The first-order valence-electron chi connectivity index (χ1n) is 6.24. The molecule has 1 N–H and O–H groups in total. The van der Waals surface area contributed by atoms with Crippen LogP contribution >= 0.6 is 0 Å². The summed E-state index contributed by atoms with van der Waals surface area (Å²) in [5, 5.41) is 13.7. The molecule has 21 heavy (non-hydrogen) atoms. The summed E-state index contributed by atoms with van der Waals surface area (Å²) in [5.74, 6) is -0.659. The van der Waals surface area contributed by atoms with Crippen molar-refractivity contribution >= 4 is 17.0 Å². The Hall–Kier alpha value is -2.96. The molecule has 3 aromatic rings. The molecule has 0 bridgehead atoms. The van der Waals surface area contributed by atoms with E-state index in [1.807, 2.05) is 28.8 Å². The van der Waals surface area contributed by atoms with E-state index in [0.717, 1.165) is 5.65 Å². The Balaban J connectivity index is 1.86.